The highest BCUT2D eigenvalue weighted by atomic mass is 16.5. The number of aliphatic hydroxyl groups is 2. The highest BCUT2D eigenvalue weighted by Gasteiger charge is 2.54. The minimum absolute atomic E-state index is 0.460. The van der Waals surface area contributed by atoms with E-state index < -0.39 is 16.6 Å². The molecule has 1 aliphatic heterocycles. The van der Waals surface area contributed by atoms with Crippen molar-refractivity contribution in [2.45, 2.75) is 51.7 Å². The molecule has 84 valence electrons. The van der Waals surface area contributed by atoms with E-state index in [1.54, 1.807) is 27.7 Å². The molecule has 3 nitrogen and oxygen atoms in total. The van der Waals surface area contributed by atoms with Crippen LogP contribution in [0.25, 0.3) is 0 Å². The van der Waals surface area contributed by atoms with Crippen LogP contribution in [0.4, 0.5) is 0 Å². The van der Waals surface area contributed by atoms with Gasteiger partial charge in [-0.3, -0.25) is 0 Å². The van der Waals surface area contributed by atoms with Crippen LogP contribution < -0.4 is 0 Å². The van der Waals surface area contributed by atoms with Gasteiger partial charge in [-0.2, -0.15) is 0 Å². The molecule has 0 saturated carbocycles. The molecule has 1 aliphatic rings. The van der Waals surface area contributed by atoms with Crippen molar-refractivity contribution in [1.29, 1.82) is 0 Å². The molecule has 1 rings (SSSR count). The monoisotopic (exact) mass is 202 g/mol. The molecule has 0 aliphatic carbocycles. The maximum absolute atomic E-state index is 10.2. The average Bonchev–Trinajstić information content (AvgIpc) is 2.02. The standard InChI is InChI=1S/C11H22O3/c1-9(2,12)11(10(3,4)13)5-7-14-8-6-11/h12-13H,5-8H2,1-4H3. The van der Waals surface area contributed by atoms with Crippen LogP contribution >= 0.6 is 0 Å². The van der Waals surface area contributed by atoms with Crippen LogP contribution in [0.15, 0.2) is 0 Å². The topological polar surface area (TPSA) is 49.7 Å². The van der Waals surface area contributed by atoms with Crippen molar-refractivity contribution in [1.82, 2.24) is 0 Å². The predicted molar refractivity (Wildman–Crippen MR) is 55.1 cm³/mol. The van der Waals surface area contributed by atoms with Crippen molar-refractivity contribution in [3.05, 3.63) is 0 Å². The third kappa shape index (κ3) is 1.81. The third-order valence-electron chi connectivity index (χ3n) is 3.69. The first-order chi connectivity index (χ1) is 6.21. The van der Waals surface area contributed by atoms with E-state index in [1.165, 1.54) is 0 Å². The summed E-state index contributed by atoms with van der Waals surface area (Å²) in [7, 11) is 0. The van der Waals surface area contributed by atoms with Gasteiger partial charge in [0, 0.05) is 18.6 Å². The predicted octanol–water partition coefficient (Wildman–Crippen LogP) is 1.32. The third-order valence-corrected chi connectivity index (χ3v) is 3.69. The zero-order valence-corrected chi connectivity index (χ0v) is 9.63. The fourth-order valence-electron chi connectivity index (χ4n) is 2.69. The molecular weight excluding hydrogens is 180 g/mol. The van der Waals surface area contributed by atoms with Crippen LogP contribution in [0.2, 0.25) is 0 Å². The van der Waals surface area contributed by atoms with E-state index in [-0.39, 0.29) is 0 Å². The van der Waals surface area contributed by atoms with Crippen LogP contribution in [-0.2, 0) is 4.74 Å². The Morgan fingerprint density at radius 3 is 1.50 bits per heavy atom. The normalized spacial score (nSPS) is 23.6. The van der Waals surface area contributed by atoms with Gasteiger partial charge in [0.25, 0.3) is 0 Å². The maximum atomic E-state index is 10.2. The summed E-state index contributed by atoms with van der Waals surface area (Å²) >= 11 is 0. The van der Waals surface area contributed by atoms with Crippen molar-refractivity contribution < 1.29 is 14.9 Å². The fourth-order valence-corrected chi connectivity index (χ4v) is 2.69. The Balaban J connectivity index is 3.01. The van der Waals surface area contributed by atoms with Crippen LogP contribution in [0.1, 0.15) is 40.5 Å². The smallest absolute Gasteiger partial charge is 0.0676 e. The van der Waals surface area contributed by atoms with Crippen molar-refractivity contribution in [3.63, 3.8) is 0 Å². The Morgan fingerprint density at radius 1 is 0.929 bits per heavy atom. The molecule has 0 unspecified atom stereocenters. The Morgan fingerprint density at radius 2 is 1.29 bits per heavy atom. The summed E-state index contributed by atoms with van der Waals surface area (Å²) in [4.78, 5) is 0. The molecule has 1 heterocycles. The lowest BCUT2D eigenvalue weighted by atomic mass is 9.59. The second-order valence-electron chi connectivity index (χ2n) is 5.31. The van der Waals surface area contributed by atoms with Gasteiger partial charge in [0.1, 0.15) is 0 Å². The number of hydrogen-bond donors (Lipinski definition) is 2. The van der Waals surface area contributed by atoms with E-state index in [0.29, 0.717) is 26.1 Å². The lowest BCUT2D eigenvalue weighted by Crippen LogP contribution is -2.59. The average molecular weight is 202 g/mol. The summed E-state index contributed by atoms with van der Waals surface area (Å²) in [6.07, 6.45) is 1.42. The highest BCUT2D eigenvalue weighted by molar-refractivity contribution is 5.04. The Labute approximate surface area is 86.1 Å². The lowest BCUT2D eigenvalue weighted by molar-refractivity contribution is -0.202. The molecule has 14 heavy (non-hydrogen) atoms. The summed E-state index contributed by atoms with van der Waals surface area (Å²) in [6.45, 7) is 8.33. The van der Waals surface area contributed by atoms with E-state index in [4.69, 9.17) is 4.74 Å². The van der Waals surface area contributed by atoms with Gasteiger partial charge in [-0.25, -0.2) is 0 Å². The number of hydrogen-bond acceptors (Lipinski definition) is 3. The zero-order chi connectivity index (χ0) is 11.0. The van der Waals surface area contributed by atoms with E-state index >= 15 is 0 Å². The van der Waals surface area contributed by atoms with E-state index in [1.807, 2.05) is 0 Å². The number of rotatable bonds is 2. The van der Waals surface area contributed by atoms with Gasteiger partial charge >= 0.3 is 0 Å². The molecule has 0 aromatic rings. The van der Waals surface area contributed by atoms with Gasteiger partial charge in [-0.05, 0) is 40.5 Å². The minimum atomic E-state index is -0.880. The van der Waals surface area contributed by atoms with Gasteiger partial charge < -0.3 is 14.9 Å². The molecule has 0 aromatic carbocycles. The fraction of sp³-hybridized carbons (Fsp3) is 1.00. The van der Waals surface area contributed by atoms with Gasteiger partial charge in [-0.15, -0.1) is 0 Å². The summed E-state index contributed by atoms with van der Waals surface area (Å²) in [5.74, 6) is 0. The molecular formula is C11H22O3. The van der Waals surface area contributed by atoms with Crippen molar-refractivity contribution in [2.24, 2.45) is 5.41 Å². The Kier molecular flexibility index (Phi) is 2.96. The first-order valence-corrected chi connectivity index (χ1v) is 5.23. The second-order valence-corrected chi connectivity index (χ2v) is 5.31. The Hall–Kier alpha value is -0.120. The molecule has 0 bridgehead atoms. The van der Waals surface area contributed by atoms with Crippen LogP contribution in [-0.4, -0.2) is 34.6 Å². The van der Waals surface area contributed by atoms with Crippen LogP contribution in [0, 0.1) is 5.41 Å². The van der Waals surface area contributed by atoms with Gasteiger partial charge in [0.15, 0.2) is 0 Å². The molecule has 0 atom stereocenters. The summed E-state index contributed by atoms with van der Waals surface area (Å²) in [5.41, 5.74) is -2.22. The second kappa shape index (κ2) is 3.47. The van der Waals surface area contributed by atoms with Gasteiger partial charge in [-0.1, -0.05) is 0 Å². The largest absolute Gasteiger partial charge is 0.390 e. The van der Waals surface area contributed by atoms with E-state index in [9.17, 15) is 10.2 Å². The van der Waals surface area contributed by atoms with Gasteiger partial charge in [0.2, 0.25) is 0 Å². The maximum Gasteiger partial charge on any atom is 0.0676 e. The van der Waals surface area contributed by atoms with Crippen molar-refractivity contribution in [3.8, 4) is 0 Å². The number of ether oxygens (including phenoxy) is 1. The molecule has 0 spiro atoms. The molecule has 0 aromatic heterocycles. The van der Waals surface area contributed by atoms with Crippen LogP contribution in [0.5, 0.6) is 0 Å². The molecule has 2 N–H and O–H groups in total. The minimum Gasteiger partial charge on any atom is -0.390 e. The Bertz CT molecular complexity index is 176. The summed E-state index contributed by atoms with van der Waals surface area (Å²) in [5, 5.41) is 20.4. The lowest BCUT2D eigenvalue weighted by Gasteiger charge is -2.53. The summed E-state index contributed by atoms with van der Waals surface area (Å²) in [6, 6.07) is 0. The molecule has 3 heteroatoms. The summed E-state index contributed by atoms with van der Waals surface area (Å²) < 4.78 is 5.29. The molecule has 0 radical (unpaired) electrons. The van der Waals surface area contributed by atoms with Crippen molar-refractivity contribution >= 4 is 0 Å². The first-order valence-electron chi connectivity index (χ1n) is 5.23. The van der Waals surface area contributed by atoms with E-state index in [0.717, 1.165) is 0 Å². The first kappa shape index (κ1) is 12.0. The molecule has 0 amide bonds. The quantitative estimate of drug-likeness (QED) is 0.710. The zero-order valence-electron chi connectivity index (χ0n) is 9.63. The van der Waals surface area contributed by atoms with Gasteiger partial charge in [0.05, 0.1) is 11.2 Å². The van der Waals surface area contributed by atoms with E-state index in [2.05, 4.69) is 0 Å². The van der Waals surface area contributed by atoms with Crippen molar-refractivity contribution in [2.75, 3.05) is 13.2 Å². The van der Waals surface area contributed by atoms with Crippen LogP contribution in [0.3, 0.4) is 0 Å². The SMILES string of the molecule is CC(C)(O)C1(C(C)(C)O)CCOCC1. The molecule has 1 saturated heterocycles. The molecule has 1 fully saturated rings. The highest BCUT2D eigenvalue weighted by Crippen LogP contribution is 2.48.